The molecule has 0 saturated carbocycles. The van der Waals surface area contributed by atoms with Crippen LogP contribution < -0.4 is 11.2 Å². The summed E-state index contributed by atoms with van der Waals surface area (Å²) < 4.78 is 14.3. The Labute approximate surface area is 202 Å². The molecule has 9 heteroatoms. The predicted octanol–water partition coefficient (Wildman–Crippen LogP) is 2.95. The molecule has 35 heavy (non-hydrogen) atoms. The molecule has 2 aromatic carbocycles. The number of carbonyl (C=O) groups excluding carboxylic acids is 1. The highest BCUT2D eigenvalue weighted by Gasteiger charge is 2.20. The van der Waals surface area contributed by atoms with Crippen molar-refractivity contribution < 1.29 is 14.3 Å². The first-order valence-corrected chi connectivity index (χ1v) is 11.3. The van der Waals surface area contributed by atoms with E-state index >= 15 is 0 Å². The van der Waals surface area contributed by atoms with Crippen LogP contribution in [0.2, 0.25) is 0 Å². The zero-order valence-corrected chi connectivity index (χ0v) is 20.2. The van der Waals surface area contributed by atoms with Crippen LogP contribution >= 0.6 is 0 Å². The summed E-state index contributed by atoms with van der Waals surface area (Å²) >= 11 is 0. The monoisotopic (exact) mass is 476 g/mol. The third-order valence-electron chi connectivity index (χ3n) is 5.94. The first-order valence-electron chi connectivity index (χ1n) is 11.3. The summed E-state index contributed by atoms with van der Waals surface area (Å²) in [5.41, 5.74) is 2.60. The van der Waals surface area contributed by atoms with Crippen molar-refractivity contribution in [2.75, 3.05) is 20.8 Å². The number of hydrogen-bond donors (Lipinski definition) is 0. The van der Waals surface area contributed by atoms with Crippen LogP contribution in [0.5, 0.6) is 0 Å². The summed E-state index contributed by atoms with van der Waals surface area (Å²) in [6.07, 6.45) is 1.54. The summed E-state index contributed by atoms with van der Waals surface area (Å²) in [5, 5.41) is 0. The Bertz CT molecular complexity index is 1480. The fourth-order valence-corrected chi connectivity index (χ4v) is 4.03. The molecule has 0 atom stereocenters. The Morgan fingerprint density at radius 3 is 2.46 bits per heavy atom. The number of nitrogens with zero attached hydrogens (tertiary/aromatic N) is 4. The number of rotatable bonds is 8. The van der Waals surface area contributed by atoms with Gasteiger partial charge in [-0.05, 0) is 41.3 Å². The largest absolute Gasteiger partial charge is 0.465 e. The van der Waals surface area contributed by atoms with Crippen LogP contribution in [0.1, 0.15) is 41.3 Å². The molecule has 0 amide bonds. The Hall–Kier alpha value is -3.98. The van der Waals surface area contributed by atoms with Crippen molar-refractivity contribution in [2.24, 2.45) is 0 Å². The van der Waals surface area contributed by atoms with Gasteiger partial charge >= 0.3 is 11.7 Å². The topological polar surface area (TPSA) is 97.3 Å². The number of hydrogen-bond acceptors (Lipinski definition) is 6. The van der Waals surface area contributed by atoms with Gasteiger partial charge in [0.15, 0.2) is 11.2 Å². The smallest absolute Gasteiger partial charge is 0.337 e. The van der Waals surface area contributed by atoms with Crippen molar-refractivity contribution in [2.45, 2.75) is 32.9 Å². The van der Waals surface area contributed by atoms with E-state index in [9.17, 15) is 14.4 Å². The molecule has 0 bridgehead atoms. The van der Waals surface area contributed by atoms with Crippen LogP contribution in [0, 0.1) is 0 Å². The standard InChI is InChI=1S/C26H28N4O5/c1-17(2)19-8-10-21(11-9-19)30-23-22(24(31)29(26(30)33)12-13-34-3)28(16-27-23)15-18-6-5-7-20(14-18)25(32)35-4/h5-11,14,16-17H,12-13,15H2,1-4H3. The zero-order valence-electron chi connectivity index (χ0n) is 20.2. The summed E-state index contributed by atoms with van der Waals surface area (Å²) in [5.74, 6) is -0.0978. The lowest BCUT2D eigenvalue weighted by atomic mass is 10.0. The van der Waals surface area contributed by atoms with Crippen LogP contribution in [0.3, 0.4) is 0 Å². The molecule has 0 aliphatic rings. The lowest BCUT2D eigenvalue weighted by Gasteiger charge is -2.14. The van der Waals surface area contributed by atoms with E-state index in [0.29, 0.717) is 17.2 Å². The van der Waals surface area contributed by atoms with Gasteiger partial charge in [0.1, 0.15) is 0 Å². The molecular weight excluding hydrogens is 448 g/mol. The van der Waals surface area contributed by atoms with E-state index in [0.717, 1.165) is 11.1 Å². The van der Waals surface area contributed by atoms with Gasteiger partial charge in [-0.1, -0.05) is 38.1 Å². The number of imidazole rings is 1. The van der Waals surface area contributed by atoms with Gasteiger partial charge in [-0.25, -0.2) is 19.1 Å². The summed E-state index contributed by atoms with van der Waals surface area (Å²) in [4.78, 5) is 43.2. The summed E-state index contributed by atoms with van der Waals surface area (Å²) in [6, 6.07) is 14.6. The van der Waals surface area contributed by atoms with Crippen LogP contribution in [0.4, 0.5) is 0 Å². The second kappa shape index (κ2) is 10.1. The highest BCUT2D eigenvalue weighted by atomic mass is 16.5. The first kappa shape index (κ1) is 24.2. The molecule has 182 valence electrons. The highest BCUT2D eigenvalue weighted by molar-refractivity contribution is 5.89. The number of esters is 1. The molecule has 0 unspecified atom stereocenters. The molecule has 2 aromatic heterocycles. The number of methoxy groups -OCH3 is 2. The van der Waals surface area contributed by atoms with E-state index in [1.54, 1.807) is 22.8 Å². The number of aromatic nitrogens is 4. The minimum Gasteiger partial charge on any atom is -0.465 e. The van der Waals surface area contributed by atoms with Gasteiger partial charge in [-0.2, -0.15) is 0 Å². The maximum atomic E-state index is 13.4. The van der Waals surface area contributed by atoms with Gasteiger partial charge in [0, 0.05) is 13.7 Å². The molecule has 9 nitrogen and oxygen atoms in total. The van der Waals surface area contributed by atoms with E-state index in [2.05, 4.69) is 18.8 Å². The minimum atomic E-state index is -0.477. The Morgan fingerprint density at radius 2 is 1.80 bits per heavy atom. The van der Waals surface area contributed by atoms with Crippen LogP contribution in [-0.2, 0) is 22.6 Å². The fourth-order valence-electron chi connectivity index (χ4n) is 4.03. The molecule has 0 saturated heterocycles. The van der Waals surface area contributed by atoms with Crippen LogP contribution in [-0.4, -0.2) is 45.5 Å². The number of benzene rings is 2. The molecule has 2 heterocycles. The second-order valence-electron chi connectivity index (χ2n) is 8.55. The van der Waals surface area contributed by atoms with Crippen molar-refractivity contribution in [3.63, 3.8) is 0 Å². The first-order chi connectivity index (χ1) is 16.8. The third kappa shape index (κ3) is 4.67. The maximum Gasteiger partial charge on any atom is 0.337 e. The van der Waals surface area contributed by atoms with Gasteiger partial charge in [0.25, 0.3) is 5.56 Å². The van der Waals surface area contributed by atoms with Gasteiger partial charge in [0.05, 0.1) is 37.8 Å². The highest BCUT2D eigenvalue weighted by Crippen LogP contribution is 2.19. The number of fused-ring (bicyclic) bond motifs is 1. The van der Waals surface area contributed by atoms with E-state index in [1.807, 2.05) is 30.3 Å². The fraction of sp³-hybridized carbons (Fsp3) is 0.308. The third-order valence-corrected chi connectivity index (χ3v) is 5.94. The molecule has 0 spiro atoms. The normalized spacial score (nSPS) is 11.3. The van der Waals surface area contributed by atoms with E-state index in [4.69, 9.17) is 9.47 Å². The molecule has 4 aromatic rings. The van der Waals surface area contributed by atoms with Crippen molar-refractivity contribution in [3.8, 4) is 5.69 Å². The van der Waals surface area contributed by atoms with Crippen molar-refractivity contribution in [1.82, 2.24) is 18.7 Å². The molecule has 0 aliphatic carbocycles. The molecule has 0 fully saturated rings. The van der Waals surface area contributed by atoms with Crippen LogP contribution in [0.15, 0.2) is 64.4 Å². The summed E-state index contributed by atoms with van der Waals surface area (Å²) in [7, 11) is 2.85. The predicted molar refractivity (Wildman–Crippen MR) is 132 cm³/mol. The molecule has 0 aliphatic heterocycles. The summed E-state index contributed by atoms with van der Waals surface area (Å²) in [6.45, 7) is 4.80. The van der Waals surface area contributed by atoms with Crippen molar-refractivity contribution in [1.29, 1.82) is 0 Å². The lowest BCUT2D eigenvalue weighted by Crippen LogP contribution is -2.41. The number of ether oxygens (including phenoxy) is 2. The van der Waals surface area contributed by atoms with Crippen LogP contribution in [0.25, 0.3) is 16.9 Å². The van der Waals surface area contributed by atoms with E-state index in [-0.39, 0.29) is 30.9 Å². The Kier molecular flexibility index (Phi) is 6.97. The zero-order chi connectivity index (χ0) is 25.1. The van der Waals surface area contributed by atoms with E-state index in [1.165, 1.54) is 29.7 Å². The van der Waals surface area contributed by atoms with Gasteiger partial charge in [-0.15, -0.1) is 0 Å². The Morgan fingerprint density at radius 1 is 1.06 bits per heavy atom. The molecular formula is C26H28N4O5. The minimum absolute atomic E-state index is 0.108. The Balaban J connectivity index is 1.89. The SMILES string of the molecule is COCCn1c(=O)c2c(ncn2Cc2cccc(C(=O)OC)c2)n(-c2ccc(C(C)C)cc2)c1=O. The van der Waals surface area contributed by atoms with Gasteiger partial charge in [0.2, 0.25) is 0 Å². The van der Waals surface area contributed by atoms with Gasteiger partial charge in [-0.3, -0.25) is 9.36 Å². The quantitative estimate of drug-likeness (QED) is 0.363. The average Bonchev–Trinajstić information content (AvgIpc) is 3.27. The molecule has 0 N–H and O–H groups in total. The van der Waals surface area contributed by atoms with Gasteiger partial charge < -0.3 is 14.0 Å². The van der Waals surface area contributed by atoms with Crippen molar-refractivity contribution >= 4 is 17.1 Å². The lowest BCUT2D eigenvalue weighted by molar-refractivity contribution is 0.0600. The number of carbonyl (C=O) groups is 1. The second-order valence-corrected chi connectivity index (χ2v) is 8.55. The van der Waals surface area contributed by atoms with E-state index < -0.39 is 17.2 Å². The maximum absolute atomic E-state index is 13.4. The average molecular weight is 477 g/mol. The molecule has 0 radical (unpaired) electrons. The molecule has 4 rings (SSSR count). The van der Waals surface area contributed by atoms with Crippen molar-refractivity contribution in [3.05, 3.63) is 92.4 Å².